The number of rotatable bonds is 5. The van der Waals surface area contributed by atoms with Crippen molar-refractivity contribution in [3.05, 3.63) is 77.9 Å². The molecule has 1 N–H and O–H groups in total. The molecule has 4 rings (SSSR count). The Bertz CT molecular complexity index is 1000. The zero-order valence-corrected chi connectivity index (χ0v) is 18.2. The molecule has 7 nitrogen and oxygen atoms in total. The van der Waals surface area contributed by atoms with Gasteiger partial charge in [-0.25, -0.2) is 9.78 Å². The van der Waals surface area contributed by atoms with Gasteiger partial charge in [0.1, 0.15) is 18.5 Å². The monoisotopic (exact) mass is 399 g/mol. The molecular weight excluding hydrogens is 381 g/mol. The molecule has 0 saturated heterocycles. The summed E-state index contributed by atoms with van der Waals surface area (Å²) >= 11 is 0. The molecule has 1 heterocycles. The number of ether oxygens (including phenoxy) is 1. The zero-order valence-electron chi connectivity index (χ0n) is 16.2. The number of carbonyl (C=O) groups excluding carboxylic acids is 2. The Hall–Kier alpha value is -2.61. The van der Waals surface area contributed by atoms with Crippen LogP contribution in [0.25, 0.3) is 11.1 Å². The van der Waals surface area contributed by atoms with E-state index in [1.54, 1.807) is 13.2 Å². The van der Waals surface area contributed by atoms with Gasteiger partial charge in [-0.3, -0.25) is 0 Å². The number of aliphatic carboxylic acids is 1. The van der Waals surface area contributed by atoms with Gasteiger partial charge in [0.2, 0.25) is 0 Å². The summed E-state index contributed by atoms with van der Waals surface area (Å²) < 4.78 is 6.88. The van der Waals surface area contributed by atoms with Crippen LogP contribution in [0.5, 0.6) is 0 Å². The van der Waals surface area contributed by atoms with E-state index in [9.17, 15) is 14.7 Å². The Morgan fingerprint density at radius 3 is 2.24 bits per heavy atom. The summed E-state index contributed by atoms with van der Waals surface area (Å²) in [6.45, 7) is 0.0974. The van der Waals surface area contributed by atoms with Crippen molar-refractivity contribution in [1.29, 1.82) is 0 Å². The third-order valence-corrected chi connectivity index (χ3v) is 4.96. The first-order valence-corrected chi connectivity index (χ1v) is 8.86. The van der Waals surface area contributed by atoms with Crippen LogP contribution in [0.2, 0.25) is 0 Å². The number of benzene rings is 2. The Labute approximate surface area is 190 Å². The minimum atomic E-state index is -1.46. The molecule has 0 fully saturated rings. The number of carboxylic acids is 1. The minimum absolute atomic E-state index is 0. The van der Waals surface area contributed by atoms with Crippen molar-refractivity contribution >= 4 is 12.1 Å². The fourth-order valence-corrected chi connectivity index (χ4v) is 3.64. The van der Waals surface area contributed by atoms with Crippen molar-refractivity contribution in [3.8, 4) is 11.1 Å². The van der Waals surface area contributed by atoms with E-state index in [0.717, 1.165) is 22.3 Å². The summed E-state index contributed by atoms with van der Waals surface area (Å²) in [5, 5.41) is 13.8. The third-order valence-electron chi connectivity index (χ3n) is 4.96. The second-order valence-electron chi connectivity index (χ2n) is 6.62. The van der Waals surface area contributed by atoms with E-state index in [4.69, 9.17) is 4.74 Å². The molecule has 29 heavy (non-hydrogen) atoms. The number of hydrogen-bond acceptors (Lipinski definition) is 5. The number of aryl methyl sites for hydroxylation is 1. The number of fused-ring (bicyclic) bond motifs is 3. The van der Waals surface area contributed by atoms with Crippen LogP contribution in [0.4, 0.5) is 4.79 Å². The molecule has 0 radical (unpaired) electrons. The van der Waals surface area contributed by atoms with E-state index >= 15 is 0 Å². The fraction of sp³-hybridized carbons (Fsp3) is 0.190. The van der Waals surface area contributed by atoms with Crippen LogP contribution in [0.1, 0.15) is 28.9 Å². The van der Waals surface area contributed by atoms with Gasteiger partial charge in [0.05, 0.1) is 5.97 Å². The van der Waals surface area contributed by atoms with Crippen molar-refractivity contribution in [3.63, 3.8) is 0 Å². The molecule has 1 unspecified atom stereocenters. The summed E-state index contributed by atoms with van der Waals surface area (Å²) in [7, 11) is 1.64. The Kier molecular flexibility index (Phi) is 6.42. The Balaban J connectivity index is 0.00000240. The first kappa shape index (κ1) is 21.1. The minimum Gasteiger partial charge on any atom is -0.547 e. The molecule has 3 aromatic rings. The molecule has 1 aliphatic rings. The van der Waals surface area contributed by atoms with Crippen LogP contribution in [0, 0.1) is 0 Å². The topological polar surface area (TPSA) is 96.3 Å². The molecule has 0 spiro atoms. The first-order chi connectivity index (χ1) is 13.6. The van der Waals surface area contributed by atoms with E-state index in [1.807, 2.05) is 48.5 Å². The first-order valence-electron chi connectivity index (χ1n) is 8.86. The smallest absolute Gasteiger partial charge is 0.547 e. The predicted molar refractivity (Wildman–Crippen MR) is 99.2 cm³/mol. The van der Waals surface area contributed by atoms with Crippen molar-refractivity contribution < 1.29 is 49.0 Å². The van der Waals surface area contributed by atoms with Gasteiger partial charge in [-0.15, -0.1) is 0 Å². The average molecular weight is 399 g/mol. The summed E-state index contributed by atoms with van der Waals surface area (Å²) in [5.74, 6) is -1.40. The number of carboxylic acid groups (broad SMARTS) is 1. The second-order valence-corrected chi connectivity index (χ2v) is 6.62. The summed E-state index contributed by atoms with van der Waals surface area (Å²) in [6, 6.07) is 14.6. The number of nitrogens with zero attached hydrogens (tertiary/aromatic N) is 2. The quantitative estimate of drug-likeness (QED) is 0.541. The maximum absolute atomic E-state index is 12.3. The van der Waals surface area contributed by atoms with Crippen LogP contribution >= 0.6 is 0 Å². The maximum Gasteiger partial charge on any atom is 1.00 e. The van der Waals surface area contributed by atoms with Gasteiger partial charge >= 0.3 is 35.7 Å². The fourth-order valence-electron chi connectivity index (χ4n) is 3.64. The molecular formula is C21H18N3NaO4. The number of imidazole rings is 1. The molecule has 1 aliphatic carbocycles. The van der Waals surface area contributed by atoms with Gasteiger partial charge < -0.3 is 24.5 Å². The third kappa shape index (κ3) is 4.07. The number of aromatic nitrogens is 2. The van der Waals surface area contributed by atoms with Crippen LogP contribution in [-0.2, 0) is 16.6 Å². The van der Waals surface area contributed by atoms with Gasteiger partial charge in [0, 0.05) is 25.4 Å². The summed E-state index contributed by atoms with van der Waals surface area (Å²) in [5.41, 5.74) is 4.40. The molecule has 8 heteroatoms. The Morgan fingerprint density at radius 2 is 1.72 bits per heavy atom. The average Bonchev–Trinajstić information content (AvgIpc) is 3.25. The van der Waals surface area contributed by atoms with Gasteiger partial charge in [0.15, 0.2) is 0 Å². The molecule has 142 valence electrons. The predicted octanol–water partition coefficient (Wildman–Crippen LogP) is -1.25. The molecule has 1 atom stereocenters. The van der Waals surface area contributed by atoms with Crippen LogP contribution in [0.3, 0.4) is 0 Å². The molecule has 0 saturated carbocycles. The molecule has 0 bridgehead atoms. The number of alkyl carbamates (subject to hydrolysis) is 1. The van der Waals surface area contributed by atoms with Gasteiger partial charge in [0.25, 0.3) is 0 Å². The molecule has 0 aliphatic heterocycles. The number of hydrogen-bond donors (Lipinski definition) is 1. The van der Waals surface area contributed by atoms with E-state index in [1.165, 1.54) is 10.8 Å². The Morgan fingerprint density at radius 1 is 1.14 bits per heavy atom. The van der Waals surface area contributed by atoms with Crippen LogP contribution in [-0.4, -0.2) is 28.2 Å². The second kappa shape index (κ2) is 8.82. The van der Waals surface area contributed by atoms with Crippen LogP contribution in [0.15, 0.2) is 60.9 Å². The van der Waals surface area contributed by atoms with E-state index < -0.39 is 18.1 Å². The SMILES string of the molecule is Cn1ccnc1C(NC(=O)OCC1c2ccccc2-c2ccccc21)C(=O)[O-].[Na+]. The summed E-state index contributed by atoms with van der Waals surface area (Å²) in [6.07, 6.45) is 2.20. The standard InChI is InChI=1S/C21H19N3O4.Na/c1-24-11-10-22-19(24)18(20(25)26)23-21(27)28-12-17-15-8-4-2-6-13(15)14-7-3-5-9-16(14)17;/h2-11,17-18H,12H2,1H3,(H,23,27)(H,25,26);/q;+1/p-1. The molecule has 2 aromatic carbocycles. The van der Waals surface area contributed by atoms with Crippen molar-refractivity contribution in [2.75, 3.05) is 6.61 Å². The maximum atomic E-state index is 12.3. The largest absolute Gasteiger partial charge is 1.00 e. The molecule has 1 aromatic heterocycles. The van der Waals surface area contributed by atoms with E-state index in [-0.39, 0.29) is 47.9 Å². The zero-order chi connectivity index (χ0) is 19.7. The number of carbonyl (C=O) groups is 2. The number of amides is 1. The van der Waals surface area contributed by atoms with Gasteiger partial charge in [-0.05, 0) is 22.3 Å². The van der Waals surface area contributed by atoms with Gasteiger partial charge in [-0.1, -0.05) is 48.5 Å². The van der Waals surface area contributed by atoms with Crippen LogP contribution < -0.4 is 40.0 Å². The van der Waals surface area contributed by atoms with E-state index in [2.05, 4.69) is 10.3 Å². The normalized spacial score (nSPS) is 13.0. The molecule has 1 amide bonds. The van der Waals surface area contributed by atoms with Crippen molar-refractivity contribution in [2.45, 2.75) is 12.0 Å². The van der Waals surface area contributed by atoms with Crippen molar-refractivity contribution in [1.82, 2.24) is 14.9 Å². The van der Waals surface area contributed by atoms with Gasteiger partial charge in [-0.2, -0.15) is 0 Å². The van der Waals surface area contributed by atoms with Crippen molar-refractivity contribution in [2.24, 2.45) is 7.05 Å². The number of nitrogens with one attached hydrogen (secondary N) is 1. The van der Waals surface area contributed by atoms with E-state index in [0.29, 0.717) is 0 Å². The summed E-state index contributed by atoms with van der Waals surface area (Å²) in [4.78, 5) is 27.7.